The normalized spacial score (nSPS) is 23.1. The molecule has 110 valence electrons. The van der Waals surface area contributed by atoms with Crippen LogP contribution in [0.3, 0.4) is 0 Å². The first-order valence-corrected chi connectivity index (χ1v) is 6.16. The largest absolute Gasteiger partial charge is 0.481 e. The Morgan fingerprint density at radius 1 is 1.50 bits per heavy atom. The summed E-state index contributed by atoms with van der Waals surface area (Å²) in [4.78, 5) is 20.3. The van der Waals surface area contributed by atoms with Gasteiger partial charge >= 0.3 is 12.1 Å². The summed E-state index contributed by atoms with van der Waals surface area (Å²) in [7, 11) is 0. The first-order valence-electron chi connectivity index (χ1n) is 6.16. The molecule has 0 amide bonds. The van der Waals surface area contributed by atoms with Crippen molar-refractivity contribution < 1.29 is 23.1 Å². The molecule has 1 aromatic rings. The van der Waals surface area contributed by atoms with Crippen LogP contribution in [0.25, 0.3) is 0 Å². The maximum absolute atomic E-state index is 13.1. The third-order valence-electron chi connectivity index (χ3n) is 3.62. The summed E-state index contributed by atoms with van der Waals surface area (Å²) in [5, 5.41) is 8.99. The predicted octanol–water partition coefficient (Wildman–Crippen LogP) is 1.88. The van der Waals surface area contributed by atoms with E-state index < -0.39 is 30.5 Å². The highest BCUT2D eigenvalue weighted by atomic mass is 19.4. The Morgan fingerprint density at radius 3 is 2.70 bits per heavy atom. The van der Waals surface area contributed by atoms with Crippen LogP contribution in [0, 0.1) is 5.41 Å². The second-order valence-electron chi connectivity index (χ2n) is 4.78. The highest BCUT2D eigenvalue weighted by Gasteiger charge is 2.63. The lowest BCUT2D eigenvalue weighted by Gasteiger charge is -2.27. The zero-order chi connectivity index (χ0) is 15.0. The Hall–Kier alpha value is -1.86. The molecule has 1 N–H and O–H groups in total. The second kappa shape index (κ2) is 4.92. The predicted molar refractivity (Wildman–Crippen MR) is 64.4 cm³/mol. The number of carboxylic acids is 1. The number of aromatic nitrogens is 2. The average Bonchev–Trinajstić information content (AvgIpc) is 2.85. The van der Waals surface area contributed by atoms with E-state index >= 15 is 0 Å². The number of hydrogen-bond acceptors (Lipinski definition) is 4. The summed E-state index contributed by atoms with van der Waals surface area (Å²) in [5.41, 5.74) is -2.01. The topological polar surface area (TPSA) is 66.3 Å². The molecule has 0 aliphatic carbocycles. The van der Waals surface area contributed by atoms with Crippen molar-refractivity contribution in [3.63, 3.8) is 0 Å². The summed E-state index contributed by atoms with van der Waals surface area (Å²) >= 11 is 0. The van der Waals surface area contributed by atoms with Gasteiger partial charge in [0.25, 0.3) is 0 Å². The van der Waals surface area contributed by atoms with Gasteiger partial charge in [-0.3, -0.25) is 4.79 Å². The van der Waals surface area contributed by atoms with Gasteiger partial charge in [-0.1, -0.05) is 6.92 Å². The summed E-state index contributed by atoms with van der Waals surface area (Å²) in [6, 6.07) is 1.59. The quantitative estimate of drug-likeness (QED) is 0.920. The lowest BCUT2D eigenvalue weighted by molar-refractivity contribution is -0.225. The Morgan fingerprint density at radius 2 is 2.20 bits per heavy atom. The minimum atomic E-state index is -4.78. The van der Waals surface area contributed by atoms with Crippen molar-refractivity contribution in [2.24, 2.45) is 5.41 Å². The zero-order valence-corrected chi connectivity index (χ0v) is 10.8. The monoisotopic (exact) mass is 289 g/mol. The Bertz CT molecular complexity index is 521. The minimum Gasteiger partial charge on any atom is -0.481 e. The Labute approximate surface area is 113 Å². The lowest BCUT2D eigenvalue weighted by Crippen LogP contribution is -2.47. The number of carboxylic acid groups (broad SMARTS) is 1. The molecule has 2 rings (SSSR count). The number of anilines is 1. The SMILES string of the molecule is CCc1cc(N2CCC(C(=O)O)(C(F)(F)F)C2)ncn1. The van der Waals surface area contributed by atoms with E-state index in [9.17, 15) is 18.0 Å². The molecule has 1 aliphatic heterocycles. The molecule has 1 saturated heterocycles. The van der Waals surface area contributed by atoms with Crippen LogP contribution >= 0.6 is 0 Å². The number of hydrogen-bond donors (Lipinski definition) is 1. The van der Waals surface area contributed by atoms with Crippen LogP contribution in [0.1, 0.15) is 19.0 Å². The van der Waals surface area contributed by atoms with E-state index in [-0.39, 0.29) is 6.54 Å². The van der Waals surface area contributed by atoms with Crippen LogP contribution < -0.4 is 4.90 Å². The van der Waals surface area contributed by atoms with E-state index in [1.165, 1.54) is 11.2 Å². The standard InChI is InChI=1S/C12H14F3N3O2/c1-2-8-5-9(17-7-16-8)18-4-3-11(6-18,10(19)20)12(13,14)15/h5,7H,2-4,6H2,1H3,(H,19,20). The maximum atomic E-state index is 13.1. The van der Waals surface area contributed by atoms with E-state index in [1.54, 1.807) is 6.07 Å². The van der Waals surface area contributed by atoms with Crippen LogP contribution in [-0.2, 0) is 11.2 Å². The maximum Gasteiger partial charge on any atom is 0.406 e. The smallest absolute Gasteiger partial charge is 0.406 e. The summed E-state index contributed by atoms with van der Waals surface area (Å²) in [6.07, 6.45) is -3.35. The number of aryl methyl sites for hydroxylation is 1. The fourth-order valence-corrected chi connectivity index (χ4v) is 2.28. The van der Waals surface area contributed by atoms with Crippen molar-refractivity contribution in [1.82, 2.24) is 9.97 Å². The van der Waals surface area contributed by atoms with E-state index in [1.807, 2.05) is 6.92 Å². The molecule has 20 heavy (non-hydrogen) atoms. The summed E-state index contributed by atoms with van der Waals surface area (Å²) < 4.78 is 39.2. The van der Waals surface area contributed by atoms with Gasteiger partial charge in [0, 0.05) is 24.8 Å². The average molecular weight is 289 g/mol. The van der Waals surface area contributed by atoms with Gasteiger partial charge in [0.1, 0.15) is 12.1 Å². The fourth-order valence-electron chi connectivity index (χ4n) is 2.28. The van der Waals surface area contributed by atoms with Crippen LogP contribution in [0.2, 0.25) is 0 Å². The molecular formula is C12H14F3N3O2. The van der Waals surface area contributed by atoms with Crippen molar-refractivity contribution in [1.29, 1.82) is 0 Å². The van der Waals surface area contributed by atoms with Gasteiger partial charge in [-0.05, 0) is 12.8 Å². The van der Waals surface area contributed by atoms with Crippen molar-refractivity contribution in [2.45, 2.75) is 25.9 Å². The van der Waals surface area contributed by atoms with Gasteiger partial charge in [-0.2, -0.15) is 13.2 Å². The molecular weight excluding hydrogens is 275 g/mol. The van der Waals surface area contributed by atoms with Crippen molar-refractivity contribution in [2.75, 3.05) is 18.0 Å². The molecule has 1 aromatic heterocycles. The molecule has 1 aliphatic rings. The van der Waals surface area contributed by atoms with Crippen LogP contribution in [-0.4, -0.2) is 40.3 Å². The first kappa shape index (κ1) is 14.5. The summed E-state index contributed by atoms with van der Waals surface area (Å²) in [5.74, 6) is -1.50. The molecule has 5 nitrogen and oxygen atoms in total. The number of alkyl halides is 3. The number of aliphatic carboxylic acids is 1. The molecule has 2 heterocycles. The van der Waals surface area contributed by atoms with Crippen LogP contribution in [0.5, 0.6) is 0 Å². The molecule has 0 bridgehead atoms. The molecule has 1 atom stereocenters. The first-order chi connectivity index (χ1) is 9.30. The van der Waals surface area contributed by atoms with E-state index in [4.69, 9.17) is 5.11 Å². The molecule has 0 saturated carbocycles. The van der Waals surface area contributed by atoms with Gasteiger partial charge in [0.2, 0.25) is 0 Å². The van der Waals surface area contributed by atoms with Crippen molar-refractivity contribution in [3.05, 3.63) is 18.1 Å². The Kier molecular flexibility index (Phi) is 3.58. The number of carbonyl (C=O) groups is 1. The van der Waals surface area contributed by atoms with Gasteiger partial charge in [-0.15, -0.1) is 0 Å². The molecule has 0 radical (unpaired) electrons. The third kappa shape index (κ3) is 2.30. The van der Waals surface area contributed by atoms with E-state index in [0.717, 1.165) is 0 Å². The van der Waals surface area contributed by atoms with E-state index in [0.29, 0.717) is 17.9 Å². The summed E-state index contributed by atoms with van der Waals surface area (Å²) in [6.45, 7) is 1.26. The fraction of sp³-hybridized carbons (Fsp3) is 0.583. The number of rotatable bonds is 3. The van der Waals surface area contributed by atoms with E-state index in [2.05, 4.69) is 9.97 Å². The van der Waals surface area contributed by atoms with Crippen LogP contribution in [0.4, 0.5) is 19.0 Å². The highest BCUT2D eigenvalue weighted by molar-refractivity contribution is 5.77. The van der Waals surface area contributed by atoms with Crippen molar-refractivity contribution in [3.8, 4) is 0 Å². The third-order valence-corrected chi connectivity index (χ3v) is 3.62. The van der Waals surface area contributed by atoms with Gasteiger partial charge < -0.3 is 10.0 Å². The lowest BCUT2D eigenvalue weighted by atomic mass is 9.86. The van der Waals surface area contributed by atoms with Gasteiger partial charge in [-0.25, -0.2) is 9.97 Å². The van der Waals surface area contributed by atoms with Gasteiger partial charge in [0.15, 0.2) is 5.41 Å². The van der Waals surface area contributed by atoms with Crippen molar-refractivity contribution >= 4 is 11.8 Å². The second-order valence-corrected chi connectivity index (χ2v) is 4.78. The molecule has 8 heteroatoms. The molecule has 0 aromatic carbocycles. The Balaban J connectivity index is 2.29. The minimum absolute atomic E-state index is 0.00593. The molecule has 0 spiro atoms. The van der Waals surface area contributed by atoms with Crippen LogP contribution in [0.15, 0.2) is 12.4 Å². The molecule has 1 fully saturated rings. The number of nitrogens with zero attached hydrogens (tertiary/aromatic N) is 3. The number of halogens is 3. The molecule has 1 unspecified atom stereocenters. The van der Waals surface area contributed by atoms with Gasteiger partial charge in [0.05, 0.1) is 0 Å². The zero-order valence-electron chi connectivity index (χ0n) is 10.8. The highest BCUT2D eigenvalue weighted by Crippen LogP contribution is 2.46.